The van der Waals surface area contributed by atoms with E-state index in [2.05, 4.69) is 55.8 Å². The maximum absolute atomic E-state index is 12.9. The van der Waals surface area contributed by atoms with E-state index in [1.807, 2.05) is 12.1 Å². The monoisotopic (exact) mass is 342 g/mol. The Morgan fingerprint density at radius 1 is 0.957 bits per heavy atom. The summed E-state index contributed by atoms with van der Waals surface area (Å²) in [6, 6.07) is 8.23. The van der Waals surface area contributed by atoms with E-state index in [0.717, 1.165) is 24.0 Å². The van der Waals surface area contributed by atoms with Gasteiger partial charge in [0.15, 0.2) is 5.78 Å². The standard InChI is InChI=1S/C20H22OS2/c1-20(2,3)16-10-14(12-17-6-4-8-22-17)19(21)15(11-16)13-18-7-5-9-23-18/h4-9,12-13,16H,10-11H2,1-3H3/b14-12-,15-13+. The molecule has 3 rings (SSSR count). The zero-order chi connectivity index (χ0) is 16.4. The average molecular weight is 343 g/mol. The molecule has 2 aromatic heterocycles. The summed E-state index contributed by atoms with van der Waals surface area (Å²) in [5.74, 6) is 0.727. The van der Waals surface area contributed by atoms with Crippen molar-refractivity contribution in [2.75, 3.05) is 0 Å². The molecule has 3 heteroatoms. The normalized spacial score (nSPS) is 22.9. The van der Waals surface area contributed by atoms with Gasteiger partial charge in [-0.15, -0.1) is 22.7 Å². The lowest BCUT2D eigenvalue weighted by atomic mass is 9.69. The van der Waals surface area contributed by atoms with Crippen molar-refractivity contribution < 1.29 is 4.79 Å². The minimum Gasteiger partial charge on any atom is -0.289 e. The molecule has 0 saturated heterocycles. The minimum atomic E-state index is 0.198. The Morgan fingerprint density at radius 2 is 1.43 bits per heavy atom. The van der Waals surface area contributed by atoms with Gasteiger partial charge in [-0.3, -0.25) is 4.79 Å². The van der Waals surface area contributed by atoms with E-state index in [1.165, 1.54) is 9.75 Å². The van der Waals surface area contributed by atoms with Crippen LogP contribution in [0.1, 0.15) is 43.4 Å². The van der Waals surface area contributed by atoms with Crippen LogP contribution >= 0.6 is 22.7 Å². The predicted molar refractivity (Wildman–Crippen MR) is 102 cm³/mol. The van der Waals surface area contributed by atoms with Crippen molar-refractivity contribution in [3.63, 3.8) is 0 Å². The van der Waals surface area contributed by atoms with Gasteiger partial charge in [-0.25, -0.2) is 0 Å². The van der Waals surface area contributed by atoms with Gasteiger partial charge in [0.25, 0.3) is 0 Å². The lowest BCUT2D eigenvalue weighted by Crippen LogP contribution is -2.29. The number of ketones is 1. The summed E-state index contributed by atoms with van der Waals surface area (Å²) in [4.78, 5) is 15.3. The zero-order valence-corrected chi connectivity index (χ0v) is 15.5. The fourth-order valence-corrected chi connectivity index (χ4v) is 4.31. The van der Waals surface area contributed by atoms with E-state index in [0.29, 0.717) is 5.92 Å². The van der Waals surface area contributed by atoms with Crippen molar-refractivity contribution in [1.82, 2.24) is 0 Å². The molecule has 1 aliphatic rings. The predicted octanol–water partition coefficient (Wildman–Crippen LogP) is 6.30. The van der Waals surface area contributed by atoms with Gasteiger partial charge >= 0.3 is 0 Å². The molecular weight excluding hydrogens is 320 g/mol. The highest BCUT2D eigenvalue weighted by Gasteiger charge is 2.34. The van der Waals surface area contributed by atoms with E-state index in [1.54, 1.807) is 22.7 Å². The highest BCUT2D eigenvalue weighted by molar-refractivity contribution is 7.11. The molecule has 0 aliphatic heterocycles. The van der Waals surface area contributed by atoms with E-state index in [4.69, 9.17) is 0 Å². The molecular formula is C20H22OS2. The molecule has 0 radical (unpaired) electrons. The summed E-state index contributed by atoms with van der Waals surface area (Å²) in [7, 11) is 0. The molecule has 0 bridgehead atoms. The Labute approximate surface area is 146 Å². The van der Waals surface area contributed by atoms with Crippen LogP contribution in [0, 0.1) is 11.3 Å². The first-order valence-corrected chi connectivity index (χ1v) is 9.72. The molecule has 0 amide bonds. The van der Waals surface area contributed by atoms with E-state index in [-0.39, 0.29) is 11.2 Å². The van der Waals surface area contributed by atoms with Crippen LogP contribution in [0.2, 0.25) is 0 Å². The lowest BCUT2D eigenvalue weighted by Gasteiger charge is -2.35. The van der Waals surface area contributed by atoms with Gasteiger partial charge in [-0.05, 0) is 59.2 Å². The van der Waals surface area contributed by atoms with Crippen molar-refractivity contribution >= 4 is 40.6 Å². The molecule has 1 unspecified atom stereocenters. The van der Waals surface area contributed by atoms with Crippen LogP contribution in [-0.2, 0) is 4.79 Å². The van der Waals surface area contributed by atoms with Crippen molar-refractivity contribution in [1.29, 1.82) is 0 Å². The molecule has 0 N–H and O–H groups in total. The summed E-state index contributed by atoms with van der Waals surface area (Å²) in [5.41, 5.74) is 2.12. The lowest BCUT2D eigenvalue weighted by molar-refractivity contribution is -0.113. The Balaban J connectivity index is 1.98. The van der Waals surface area contributed by atoms with E-state index < -0.39 is 0 Å². The topological polar surface area (TPSA) is 17.1 Å². The SMILES string of the molecule is CC(C)(C)C1C/C(=C/c2cccs2)C(=O)/C(=C/c2cccs2)C1. The molecule has 0 aromatic carbocycles. The highest BCUT2D eigenvalue weighted by Crippen LogP contribution is 2.42. The fraction of sp³-hybridized carbons (Fsp3) is 0.350. The summed E-state index contributed by atoms with van der Waals surface area (Å²) in [6.07, 6.45) is 5.93. The summed E-state index contributed by atoms with van der Waals surface area (Å²) in [6.45, 7) is 6.83. The van der Waals surface area contributed by atoms with Gasteiger partial charge in [-0.2, -0.15) is 0 Å². The largest absolute Gasteiger partial charge is 0.289 e. The van der Waals surface area contributed by atoms with Gasteiger partial charge in [0.1, 0.15) is 0 Å². The zero-order valence-electron chi connectivity index (χ0n) is 13.8. The van der Waals surface area contributed by atoms with Crippen LogP contribution in [0.25, 0.3) is 12.2 Å². The van der Waals surface area contributed by atoms with Crippen LogP contribution in [0.4, 0.5) is 0 Å². The molecule has 1 aliphatic carbocycles. The van der Waals surface area contributed by atoms with Crippen LogP contribution in [-0.4, -0.2) is 5.78 Å². The number of hydrogen-bond acceptors (Lipinski definition) is 3. The molecule has 120 valence electrons. The highest BCUT2D eigenvalue weighted by atomic mass is 32.1. The number of thiophene rings is 2. The Hall–Kier alpha value is -1.45. The maximum Gasteiger partial charge on any atom is 0.185 e. The van der Waals surface area contributed by atoms with Gasteiger partial charge in [-0.1, -0.05) is 32.9 Å². The average Bonchev–Trinajstić information content (AvgIpc) is 3.15. The number of carbonyl (C=O) groups is 1. The van der Waals surface area contributed by atoms with Crippen LogP contribution in [0.5, 0.6) is 0 Å². The van der Waals surface area contributed by atoms with Gasteiger partial charge in [0.05, 0.1) is 0 Å². The van der Waals surface area contributed by atoms with E-state index in [9.17, 15) is 4.79 Å². The first kappa shape index (κ1) is 16.4. The second kappa shape index (κ2) is 6.58. The molecule has 2 heterocycles. The molecule has 1 atom stereocenters. The van der Waals surface area contributed by atoms with Crippen molar-refractivity contribution in [2.45, 2.75) is 33.6 Å². The number of hydrogen-bond donors (Lipinski definition) is 0. The van der Waals surface area contributed by atoms with E-state index >= 15 is 0 Å². The number of Topliss-reactive ketones (excluding diaryl/α,β-unsaturated/α-hetero) is 1. The minimum absolute atomic E-state index is 0.198. The maximum atomic E-state index is 12.9. The molecule has 1 saturated carbocycles. The van der Waals surface area contributed by atoms with Crippen molar-refractivity contribution in [2.24, 2.45) is 11.3 Å². The van der Waals surface area contributed by atoms with Gasteiger partial charge < -0.3 is 0 Å². The quantitative estimate of drug-likeness (QED) is 0.585. The second-order valence-electron chi connectivity index (χ2n) is 7.17. The number of carbonyl (C=O) groups excluding carboxylic acids is 1. The third-order valence-corrected chi connectivity index (χ3v) is 6.10. The van der Waals surface area contributed by atoms with Gasteiger partial charge in [0, 0.05) is 20.9 Å². The van der Waals surface area contributed by atoms with Crippen LogP contribution in [0.15, 0.2) is 46.2 Å². The third-order valence-electron chi connectivity index (χ3n) is 4.46. The summed E-state index contributed by atoms with van der Waals surface area (Å²) in [5, 5.41) is 4.12. The first-order valence-electron chi connectivity index (χ1n) is 7.96. The van der Waals surface area contributed by atoms with Crippen molar-refractivity contribution in [3.8, 4) is 0 Å². The number of allylic oxidation sites excluding steroid dienone is 2. The van der Waals surface area contributed by atoms with Crippen molar-refractivity contribution in [3.05, 3.63) is 55.9 Å². The Kier molecular flexibility index (Phi) is 4.69. The van der Waals surface area contributed by atoms with Crippen LogP contribution < -0.4 is 0 Å². The summed E-state index contributed by atoms with van der Waals surface area (Å²) < 4.78 is 0. The summed E-state index contributed by atoms with van der Waals surface area (Å²) >= 11 is 3.38. The number of rotatable bonds is 2. The molecule has 23 heavy (non-hydrogen) atoms. The third kappa shape index (κ3) is 3.91. The molecule has 0 spiro atoms. The fourth-order valence-electron chi connectivity index (χ4n) is 2.95. The Bertz CT molecular complexity index is 669. The molecule has 2 aromatic rings. The Morgan fingerprint density at radius 3 is 1.78 bits per heavy atom. The smallest absolute Gasteiger partial charge is 0.185 e. The van der Waals surface area contributed by atoms with Gasteiger partial charge in [0.2, 0.25) is 0 Å². The second-order valence-corrected chi connectivity index (χ2v) is 9.13. The van der Waals surface area contributed by atoms with Crippen LogP contribution in [0.3, 0.4) is 0 Å². The molecule has 1 nitrogen and oxygen atoms in total. The molecule has 1 fully saturated rings. The first-order chi connectivity index (χ1) is 10.9.